The number of rotatable bonds is 1. The van der Waals surface area contributed by atoms with Gasteiger partial charge in [0, 0.05) is 6.04 Å². The lowest BCUT2D eigenvalue weighted by Crippen LogP contribution is -2.12. The molecule has 3 heteroatoms. The number of benzene rings is 1. The Kier molecular flexibility index (Phi) is 2.95. The topological polar surface area (TPSA) is 17.8 Å². The number of hydrogen-bond donors (Lipinski definition) is 0. The Bertz CT molecular complexity index is 538. The highest BCUT2D eigenvalue weighted by atomic mass is 79.9. The van der Waals surface area contributed by atoms with Crippen molar-refractivity contribution in [2.24, 2.45) is 0 Å². The number of para-hydroxylation sites is 1. The van der Waals surface area contributed by atoms with Gasteiger partial charge in [-0.25, -0.2) is 4.98 Å². The fraction of sp³-hybridized carbons (Fsp3) is 0.500. The van der Waals surface area contributed by atoms with Crippen LogP contribution < -0.4 is 0 Å². The second-order valence-electron chi connectivity index (χ2n) is 4.99. The monoisotopic (exact) mass is 292 g/mol. The quantitative estimate of drug-likeness (QED) is 0.750. The standard InChI is InChI=1S/C14H17BrN2/c1-10-6-5-9-12-13(10)16-14(15)17(12)11-7-3-2-4-8-11/h5-6,9,11H,2-4,7-8H2,1H3. The SMILES string of the molecule is Cc1cccc2c1nc(Br)n2C1CCCCC1. The molecule has 0 bridgehead atoms. The molecule has 17 heavy (non-hydrogen) atoms. The van der Waals surface area contributed by atoms with Crippen molar-refractivity contribution in [3.8, 4) is 0 Å². The molecular weight excluding hydrogens is 276 g/mol. The summed E-state index contributed by atoms with van der Waals surface area (Å²) in [7, 11) is 0. The third-order valence-corrected chi connectivity index (χ3v) is 4.38. The second-order valence-corrected chi connectivity index (χ2v) is 5.69. The number of imidazole rings is 1. The molecule has 0 atom stereocenters. The van der Waals surface area contributed by atoms with E-state index in [-0.39, 0.29) is 0 Å². The smallest absolute Gasteiger partial charge is 0.178 e. The first kappa shape index (κ1) is 11.3. The van der Waals surface area contributed by atoms with Crippen LogP contribution in [-0.2, 0) is 0 Å². The predicted octanol–water partition coefficient (Wildman–Crippen LogP) is 4.61. The van der Waals surface area contributed by atoms with Crippen LogP contribution in [0.4, 0.5) is 0 Å². The lowest BCUT2D eigenvalue weighted by Gasteiger charge is -2.24. The van der Waals surface area contributed by atoms with E-state index in [0.717, 1.165) is 10.3 Å². The number of fused-ring (bicyclic) bond motifs is 1. The summed E-state index contributed by atoms with van der Waals surface area (Å²) in [5.41, 5.74) is 3.69. The normalized spacial score (nSPS) is 17.8. The van der Waals surface area contributed by atoms with Crippen molar-refractivity contribution < 1.29 is 0 Å². The minimum Gasteiger partial charge on any atom is -0.315 e. The Labute approximate surface area is 110 Å². The van der Waals surface area contributed by atoms with Crippen LogP contribution in [0, 0.1) is 6.92 Å². The van der Waals surface area contributed by atoms with Crippen molar-refractivity contribution >= 4 is 27.0 Å². The van der Waals surface area contributed by atoms with E-state index in [4.69, 9.17) is 0 Å². The predicted molar refractivity (Wildman–Crippen MR) is 74.3 cm³/mol. The first-order valence-electron chi connectivity index (χ1n) is 6.40. The molecule has 0 radical (unpaired) electrons. The minimum atomic E-state index is 0.630. The van der Waals surface area contributed by atoms with Crippen molar-refractivity contribution in [3.05, 3.63) is 28.5 Å². The average Bonchev–Trinajstić information content (AvgIpc) is 2.68. The van der Waals surface area contributed by atoms with Gasteiger partial charge in [0.05, 0.1) is 11.0 Å². The van der Waals surface area contributed by atoms with E-state index in [1.165, 1.54) is 43.2 Å². The van der Waals surface area contributed by atoms with Crippen molar-refractivity contribution in [1.82, 2.24) is 9.55 Å². The average molecular weight is 293 g/mol. The van der Waals surface area contributed by atoms with Crippen molar-refractivity contribution in [1.29, 1.82) is 0 Å². The third-order valence-electron chi connectivity index (χ3n) is 3.82. The first-order valence-corrected chi connectivity index (χ1v) is 7.20. The van der Waals surface area contributed by atoms with E-state index in [1.807, 2.05) is 0 Å². The van der Waals surface area contributed by atoms with Crippen molar-refractivity contribution in [3.63, 3.8) is 0 Å². The van der Waals surface area contributed by atoms with Crippen LogP contribution in [0.25, 0.3) is 11.0 Å². The fourth-order valence-corrected chi connectivity index (χ4v) is 3.57. The largest absolute Gasteiger partial charge is 0.315 e. The number of aromatic nitrogens is 2. The minimum absolute atomic E-state index is 0.630. The van der Waals surface area contributed by atoms with Crippen LogP contribution in [0.3, 0.4) is 0 Å². The van der Waals surface area contributed by atoms with Gasteiger partial charge in [0.25, 0.3) is 0 Å². The Balaban J connectivity index is 2.14. The summed E-state index contributed by atoms with van der Waals surface area (Å²) in [6, 6.07) is 7.08. The van der Waals surface area contributed by atoms with Gasteiger partial charge in [0.1, 0.15) is 0 Å². The van der Waals surface area contributed by atoms with Crippen LogP contribution in [-0.4, -0.2) is 9.55 Å². The highest BCUT2D eigenvalue weighted by Gasteiger charge is 2.20. The third kappa shape index (κ3) is 1.90. The number of hydrogen-bond acceptors (Lipinski definition) is 1. The summed E-state index contributed by atoms with van der Waals surface area (Å²) in [6.45, 7) is 2.13. The first-order chi connectivity index (χ1) is 8.27. The van der Waals surface area contributed by atoms with Gasteiger partial charge in [0.2, 0.25) is 0 Å². The number of halogens is 1. The molecule has 0 aliphatic heterocycles. The summed E-state index contributed by atoms with van der Waals surface area (Å²) >= 11 is 3.63. The molecule has 2 nitrogen and oxygen atoms in total. The van der Waals surface area contributed by atoms with Gasteiger partial charge in [-0.3, -0.25) is 0 Å². The van der Waals surface area contributed by atoms with Gasteiger partial charge >= 0.3 is 0 Å². The van der Waals surface area contributed by atoms with E-state index in [9.17, 15) is 0 Å². The number of aryl methyl sites for hydroxylation is 1. The van der Waals surface area contributed by atoms with Crippen LogP contribution in [0.1, 0.15) is 43.7 Å². The molecule has 90 valence electrons. The maximum atomic E-state index is 4.67. The molecule has 1 saturated carbocycles. The van der Waals surface area contributed by atoms with Gasteiger partial charge in [-0.2, -0.15) is 0 Å². The van der Waals surface area contributed by atoms with Gasteiger partial charge in [0.15, 0.2) is 4.73 Å². The summed E-state index contributed by atoms with van der Waals surface area (Å²) in [5, 5.41) is 0. The van der Waals surface area contributed by atoms with Crippen LogP contribution in [0.15, 0.2) is 22.9 Å². The van der Waals surface area contributed by atoms with Crippen LogP contribution in [0.5, 0.6) is 0 Å². The highest BCUT2D eigenvalue weighted by molar-refractivity contribution is 9.10. The lowest BCUT2D eigenvalue weighted by atomic mass is 9.95. The Morgan fingerprint density at radius 3 is 2.76 bits per heavy atom. The summed E-state index contributed by atoms with van der Waals surface area (Å²) in [4.78, 5) is 4.67. The molecule has 1 fully saturated rings. The molecule has 0 spiro atoms. The molecule has 3 rings (SSSR count). The van der Waals surface area contributed by atoms with Crippen molar-refractivity contribution in [2.75, 3.05) is 0 Å². The van der Waals surface area contributed by atoms with E-state index in [2.05, 4.69) is 50.6 Å². The zero-order valence-corrected chi connectivity index (χ0v) is 11.7. The van der Waals surface area contributed by atoms with E-state index in [1.54, 1.807) is 0 Å². The van der Waals surface area contributed by atoms with E-state index < -0.39 is 0 Å². The Morgan fingerprint density at radius 2 is 2.00 bits per heavy atom. The Hall–Kier alpha value is -0.830. The molecule has 1 aliphatic carbocycles. The van der Waals surface area contributed by atoms with Gasteiger partial charge < -0.3 is 4.57 Å². The van der Waals surface area contributed by atoms with E-state index >= 15 is 0 Å². The summed E-state index contributed by atoms with van der Waals surface area (Å²) in [6.07, 6.45) is 6.67. The van der Waals surface area contributed by atoms with Crippen LogP contribution in [0.2, 0.25) is 0 Å². The van der Waals surface area contributed by atoms with Gasteiger partial charge in [-0.05, 0) is 47.3 Å². The maximum absolute atomic E-state index is 4.67. The van der Waals surface area contributed by atoms with Crippen molar-refractivity contribution in [2.45, 2.75) is 45.1 Å². The fourth-order valence-electron chi connectivity index (χ4n) is 2.92. The molecule has 0 N–H and O–H groups in total. The molecule has 0 amide bonds. The molecule has 0 unspecified atom stereocenters. The molecule has 2 aromatic rings. The molecule has 1 aliphatic rings. The molecular formula is C14H17BrN2. The summed E-state index contributed by atoms with van der Waals surface area (Å²) in [5.74, 6) is 0. The maximum Gasteiger partial charge on any atom is 0.178 e. The van der Waals surface area contributed by atoms with E-state index in [0.29, 0.717) is 6.04 Å². The summed E-state index contributed by atoms with van der Waals surface area (Å²) < 4.78 is 3.38. The van der Waals surface area contributed by atoms with Gasteiger partial charge in [-0.1, -0.05) is 31.4 Å². The van der Waals surface area contributed by atoms with Gasteiger partial charge in [-0.15, -0.1) is 0 Å². The number of nitrogens with zero attached hydrogens (tertiary/aromatic N) is 2. The zero-order valence-electron chi connectivity index (χ0n) is 10.1. The second kappa shape index (κ2) is 4.45. The Morgan fingerprint density at radius 1 is 1.24 bits per heavy atom. The van der Waals surface area contributed by atoms with Crippen LogP contribution >= 0.6 is 15.9 Å². The zero-order chi connectivity index (χ0) is 11.8. The molecule has 0 saturated heterocycles. The molecule has 1 aromatic heterocycles. The lowest BCUT2D eigenvalue weighted by molar-refractivity contribution is 0.355. The molecule has 1 heterocycles. The molecule has 1 aromatic carbocycles. The highest BCUT2D eigenvalue weighted by Crippen LogP contribution is 2.34.